The Bertz CT molecular complexity index is 303. The lowest BCUT2D eigenvalue weighted by Crippen LogP contribution is -2.12. The molecule has 0 spiro atoms. The highest BCUT2D eigenvalue weighted by molar-refractivity contribution is 9.09. The van der Waals surface area contributed by atoms with Gasteiger partial charge in [-0.3, -0.25) is 0 Å². The molecule has 0 fully saturated rings. The van der Waals surface area contributed by atoms with Crippen LogP contribution in [0.5, 0.6) is 0 Å². The number of methoxy groups -OCH3 is 1. The minimum absolute atomic E-state index is 0.254. The first-order valence-electron chi connectivity index (χ1n) is 5.02. The molecule has 1 nitrogen and oxygen atoms in total. The van der Waals surface area contributed by atoms with Crippen LogP contribution in [0.2, 0.25) is 5.02 Å². The molecule has 1 rings (SSSR count). The van der Waals surface area contributed by atoms with Crippen LogP contribution in [-0.2, 0) is 4.74 Å². The Kier molecular flexibility index (Phi) is 5.65. The van der Waals surface area contributed by atoms with Crippen molar-refractivity contribution in [2.45, 2.75) is 25.4 Å². The molecule has 0 N–H and O–H groups in total. The van der Waals surface area contributed by atoms with Gasteiger partial charge < -0.3 is 4.74 Å². The molecule has 0 saturated heterocycles. The van der Waals surface area contributed by atoms with Gasteiger partial charge in [0.1, 0.15) is 0 Å². The monoisotopic (exact) mass is 290 g/mol. The van der Waals surface area contributed by atoms with Crippen molar-refractivity contribution in [1.82, 2.24) is 0 Å². The first-order chi connectivity index (χ1) is 7.19. The van der Waals surface area contributed by atoms with E-state index < -0.39 is 0 Å². The summed E-state index contributed by atoms with van der Waals surface area (Å²) < 4.78 is 5.28. The summed E-state index contributed by atoms with van der Waals surface area (Å²) in [5, 5.41) is 1.75. The molecule has 0 bridgehead atoms. The van der Waals surface area contributed by atoms with E-state index in [0.29, 0.717) is 5.92 Å². The lowest BCUT2D eigenvalue weighted by molar-refractivity contribution is 0.106. The first-order valence-corrected chi connectivity index (χ1v) is 6.52. The summed E-state index contributed by atoms with van der Waals surface area (Å²) in [5.74, 6) is 0.411. The first kappa shape index (κ1) is 13.0. The predicted octanol–water partition coefficient (Wildman–Crippen LogP) is 4.24. The molecule has 1 aromatic carbocycles. The number of hydrogen-bond acceptors (Lipinski definition) is 1. The van der Waals surface area contributed by atoms with Crippen molar-refractivity contribution in [1.29, 1.82) is 0 Å². The highest BCUT2D eigenvalue weighted by Crippen LogP contribution is 2.29. The Morgan fingerprint density at radius 2 is 2.07 bits per heavy atom. The molecule has 84 valence electrons. The van der Waals surface area contributed by atoms with Crippen molar-refractivity contribution >= 4 is 27.5 Å². The van der Waals surface area contributed by atoms with Gasteiger partial charge in [0.2, 0.25) is 0 Å². The molecule has 0 amide bonds. The summed E-state index contributed by atoms with van der Waals surface area (Å²) in [5.41, 5.74) is 1.19. The van der Waals surface area contributed by atoms with E-state index in [1.165, 1.54) is 5.56 Å². The van der Waals surface area contributed by atoms with Crippen LogP contribution < -0.4 is 0 Å². The average Bonchev–Trinajstić information content (AvgIpc) is 2.26. The zero-order valence-electron chi connectivity index (χ0n) is 9.04. The quantitative estimate of drug-likeness (QED) is 0.737. The molecule has 0 aliphatic heterocycles. The summed E-state index contributed by atoms with van der Waals surface area (Å²) in [7, 11) is 1.74. The van der Waals surface area contributed by atoms with E-state index in [1.807, 2.05) is 18.2 Å². The van der Waals surface area contributed by atoms with Gasteiger partial charge >= 0.3 is 0 Å². The van der Waals surface area contributed by atoms with E-state index in [2.05, 4.69) is 28.9 Å². The van der Waals surface area contributed by atoms with Crippen LogP contribution in [-0.4, -0.2) is 18.5 Å². The standard InChI is InChI=1S/C12H16BrClO/c1-9(15-2)7-10(8-13)11-5-3-4-6-12(11)14/h3-6,9-10H,7-8H2,1-2H3. The molecular formula is C12H16BrClO. The van der Waals surface area contributed by atoms with Crippen LogP contribution in [0.3, 0.4) is 0 Å². The van der Waals surface area contributed by atoms with Crippen molar-refractivity contribution in [2.75, 3.05) is 12.4 Å². The summed E-state index contributed by atoms with van der Waals surface area (Å²) in [4.78, 5) is 0. The van der Waals surface area contributed by atoms with E-state index in [4.69, 9.17) is 16.3 Å². The van der Waals surface area contributed by atoms with E-state index in [1.54, 1.807) is 7.11 Å². The van der Waals surface area contributed by atoms with E-state index in [-0.39, 0.29) is 6.10 Å². The smallest absolute Gasteiger partial charge is 0.0549 e. The van der Waals surface area contributed by atoms with Gasteiger partial charge in [0.05, 0.1) is 6.10 Å². The number of ether oxygens (including phenoxy) is 1. The van der Waals surface area contributed by atoms with Gasteiger partial charge in [0, 0.05) is 17.5 Å². The zero-order chi connectivity index (χ0) is 11.3. The predicted molar refractivity (Wildman–Crippen MR) is 69.1 cm³/mol. The minimum atomic E-state index is 0.254. The molecule has 2 atom stereocenters. The van der Waals surface area contributed by atoms with Crippen molar-refractivity contribution in [2.24, 2.45) is 0 Å². The summed E-state index contributed by atoms with van der Waals surface area (Å²) in [6.45, 7) is 2.08. The minimum Gasteiger partial charge on any atom is -0.382 e. The SMILES string of the molecule is COC(C)CC(CBr)c1ccccc1Cl. The third-order valence-corrected chi connectivity index (χ3v) is 3.68. The van der Waals surface area contributed by atoms with Crippen LogP contribution in [0.25, 0.3) is 0 Å². The van der Waals surface area contributed by atoms with Crippen molar-refractivity contribution < 1.29 is 4.74 Å². The maximum Gasteiger partial charge on any atom is 0.0549 e. The van der Waals surface area contributed by atoms with Crippen molar-refractivity contribution in [3.05, 3.63) is 34.9 Å². The van der Waals surface area contributed by atoms with Gasteiger partial charge in [-0.15, -0.1) is 0 Å². The van der Waals surface area contributed by atoms with Crippen LogP contribution in [0.1, 0.15) is 24.8 Å². The fourth-order valence-corrected chi connectivity index (χ4v) is 2.48. The van der Waals surface area contributed by atoms with Crippen LogP contribution in [0, 0.1) is 0 Å². The van der Waals surface area contributed by atoms with E-state index in [0.717, 1.165) is 16.8 Å². The van der Waals surface area contributed by atoms with Gasteiger partial charge in [-0.1, -0.05) is 45.7 Å². The summed E-state index contributed by atoms with van der Waals surface area (Å²) >= 11 is 9.69. The van der Waals surface area contributed by atoms with Gasteiger partial charge in [0.15, 0.2) is 0 Å². The normalized spacial score (nSPS) is 14.9. The maximum absolute atomic E-state index is 6.16. The second-order valence-electron chi connectivity index (χ2n) is 3.65. The Labute approximate surface area is 105 Å². The van der Waals surface area contributed by atoms with Crippen molar-refractivity contribution in [3.63, 3.8) is 0 Å². The Morgan fingerprint density at radius 3 is 2.60 bits per heavy atom. The fraction of sp³-hybridized carbons (Fsp3) is 0.500. The fourth-order valence-electron chi connectivity index (χ4n) is 1.58. The second kappa shape index (κ2) is 6.51. The molecule has 0 aliphatic rings. The molecule has 1 aromatic rings. The molecular weight excluding hydrogens is 275 g/mol. The molecule has 0 heterocycles. The lowest BCUT2D eigenvalue weighted by atomic mass is 9.95. The zero-order valence-corrected chi connectivity index (χ0v) is 11.4. The Morgan fingerprint density at radius 1 is 1.40 bits per heavy atom. The number of hydrogen-bond donors (Lipinski definition) is 0. The number of benzene rings is 1. The van der Waals surface area contributed by atoms with Crippen molar-refractivity contribution in [3.8, 4) is 0 Å². The van der Waals surface area contributed by atoms with E-state index in [9.17, 15) is 0 Å². The largest absolute Gasteiger partial charge is 0.382 e. The third-order valence-electron chi connectivity index (χ3n) is 2.55. The maximum atomic E-state index is 6.16. The summed E-state index contributed by atoms with van der Waals surface area (Å²) in [6, 6.07) is 7.99. The van der Waals surface area contributed by atoms with Gasteiger partial charge in [0.25, 0.3) is 0 Å². The second-order valence-corrected chi connectivity index (χ2v) is 4.71. The molecule has 0 radical (unpaired) electrons. The topological polar surface area (TPSA) is 9.23 Å². The molecule has 0 saturated carbocycles. The molecule has 15 heavy (non-hydrogen) atoms. The third kappa shape index (κ3) is 3.78. The Hall–Kier alpha value is -0.0500. The molecule has 3 heteroatoms. The Balaban J connectivity index is 2.78. The molecule has 0 aromatic heterocycles. The average molecular weight is 292 g/mol. The van der Waals surface area contributed by atoms with Gasteiger partial charge in [-0.2, -0.15) is 0 Å². The van der Waals surface area contributed by atoms with Gasteiger partial charge in [-0.05, 0) is 30.9 Å². The molecule has 2 unspecified atom stereocenters. The highest BCUT2D eigenvalue weighted by Gasteiger charge is 2.16. The number of rotatable bonds is 5. The summed E-state index contributed by atoms with van der Waals surface area (Å²) in [6.07, 6.45) is 1.23. The highest BCUT2D eigenvalue weighted by atomic mass is 79.9. The lowest BCUT2D eigenvalue weighted by Gasteiger charge is -2.19. The van der Waals surface area contributed by atoms with Gasteiger partial charge in [-0.25, -0.2) is 0 Å². The van der Waals surface area contributed by atoms with Crippen LogP contribution >= 0.6 is 27.5 Å². The van der Waals surface area contributed by atoms with Crippen LogP contribution in [0.15, 0.2) is 24.3 Å². The number of halogens is 2. The van der Waals surface area contributed by atoms with Crippen LogP contribution in [0.4, 0.5) is 0 Å². The molecule has 0 aliphatic carbocycles. The van der Waals surface area contributed by atoms with E-state index >= 15 is 0 Å². The number of alkyl halides is 1.